The average molecular weight is 196 g/mol. The van der Waals surface area contributed by atoms with Crippen molar-refractivity contribution < 1.29 is 4.74 Å². The summed E-state index contributed by atoms with van der Waals surface area (Å²) in [5.41, 5.74) is 0. The van der Waals surface area contributed by atoms with Gasteiger partial charge in [-0.25, -0.2) is 0 Å². The van der Waals surface area contributed by atoms with Gasteiger partial charge in [-0.1, -0.05) is 0 Å². The Morgan fingerprint density at radius 1 is 1.43 bits per heavy atom. The molecule has 1 aliphatic heterocycles. The highest BCUT2D eigenvalue weighted by molar-refractivity contribution is 5.83. The van der Waals surface area contributed by atoms with Gasteiger partial charge in [0.25, 0.3) is 0 Å². The Morgan fingerprint density at radius 2 is 2.21 bits per heavy atom. The van der Waals surface area contributed by atoms with Crippen LogP contribution in [0.25, 0.3) is 0 Å². The van der Waals surface area contributed by atoms with Crippen LogP contribution in [0.5, 0.6) is 0 Å². The largest absolute Gasteiger partial charge is 0.381 e. The molecule has 1 saturated carbocycles. The molecule has 0 radical (unpaired) electrons. The van der Waals surface area contributed by atoms with Crippen LogP contribution in [0.1, 0.15) is 25.7 Å². The number of hydrogen-bond acceptors (Lipinski definition) is 2. The smallest absolute Gasteiger partial charge is 0.0986 e. The highest BCUT2D eigenvalue weighted by Crippen LogP contribution is 2.31. The van der Waals surface area contributed by atoms with Crippen LogP contribution >= 0.6 is 0 Å². The van der Waals surface area contributed by atoms with E-state index in [0.29, 0.717) is 11.8 Å². The number of nitrogens with zero attached hydrogens (tertiary/aromatic N) is 1. The van der Waals surface area contributed by atoms with E-state index in [1.165, 1.54) is 25.7 Å². The second kappa shape index (κ2) is 4.30. The van der Waals surface area contributed by atoms with E-state index in [9.17, 15) is 0 Å². The van der Waals surface area contributed by atoms with Gasteiger partial charge in [-0.2, -0.15) is 0 Å². The Labute approximate surface area is 85.9 Å². The lowest BCUT2D eigenvalue weighted by Gasteiger charge is -2.28. The number of hydrogen-bond donors (Lipinski definition) is 1. The van der Waals surface area contributed by atoms with E-state index in [4.69, 9.17) is 10.1 Å². The van der Waals surface area contributed by atoms with Gasteiger partial charge in [-0.05, 0) is 31.6 Å². The van der Waals surface area contributed by atoms with Gasteiger partial charge in [-0.3, -0.25) is 5.41 Å². The molecule has 1 atom stereocenters. The molecule has 3 heteroatoms. The third kappa shape index (κ3) is 2.47. The fourth-order valence-electron chi connectivity index (χ4n) is 2.11. The summed E-state index contributed by atoms with van der Waals surface area (Å²) in [7, 11) is 2.05. The normalized spacial score (nSPS) is 27.4. The van der Waals surface area contributed by atoms with Crippen molar-refractivity contribution in [2.45, 2.75) is 25.7 Å². The molecule has 2 aliphatic rings. The fourth-order valence-corrected chi connectivity index (χ4v) is 2.11. The minimum absolute atomic E-state index is 0.574. The maximum absolute atomic E-state index is 7.92. The number of rotatable bonds is 3. The van der Waals surface area contributed by atoms with E-state index in [0.717, 1.165) is 25.6 Å². The first kappa shape index (κ1) is 9.97. The molecule has 0 amide bonds. The van der Waals surface area contributed by atoms with Gasteiger partial charge < -0.3 is 9.64 Å². The lowest BCUT2D eigenvalue weighted by molar-refractivity contribution is 0.0482. The number of nitrogens with one attached hydrogen (secondary N) is 1. The van der Waals surface area contributed by atoms with Gasteiger partial charge in [0.1, 0.15) is 0 Å². The molecular formula is C11H20N2O. The molecule has 14 heavy (non-hydrogen) atoms. The summed E-state index contributed by atoms with van der Waals surface area (Å²) in [5.74, 6) is 2.06. The van der Waals surface area contributed by atoms with E-state index >= 15 is 0 Å². The summed E-state index contributed by atoms with van der Waals surface area (Å²) in [5, 5.41) is 7.92. The van der Waals surface area contributed by atoms with Gasteiger partial charge in [0, 0.05) is 26.1 Å². The third-order valence-corrected chi connectivity index (χ3v) is 3.16. The van der Waals surface area contributed by atoms with Gasteiger partial charge in [0.15, 0.2) is 0 Å². The predicted molar refractivity (Wildman–Crippen MR) is 56.6 cm³/mol. The zero-order valence-electron chi connectivity index (χ0n) is 8.96. The van der Waals surface area contributed by atoms with Crippen molar-refractivity contribution in [1.82, 2.24) is 4.90 Å². The molecular weight excluding hydrogens is 176 g/mol. The fraction of sp³-hybridized carbons (Fsp3) is 0.909. The Bertz CT molecular complexity index is 207. The molecule has 0 spiro atoms. The van der Waals surface area contributed by atoms with E-state index in [2.05, 4.69) is 11.9 Å². The first-order valence-electron chi connectivity index (χ1n) is 5.64. The first-order chi connectivity index (χ1) is 6.77. The third-order valence-electron chi connectivity index (χ3n) is 3.16. The van der Waals surface area contributed by atoms with Crippen molar-refractivity contribution in [3.05, 3.63) is 0 Å². The Morgan fingerprint density at radius 3 is 2.79 bits per heavy atom. The molecule has 3 nitrogen and oxygen atoms in total. The molecule has 1 heterocycles. The number of amidine groups is 1. The minimum atomic E-state index is 0.574. The van der Waals surface area contributed by atoms with Crippen molar-refractivity contribution in [2.75, 3.05) is 26.8 Å². The second-order valence-electron chi connectivity index (χ2n) is 4.62. The Kier molecular flexibility index (Phi) is 3.06. The van der Waals surface area contributed by atoms with E-state index < -0.39 is 0 Å². The van der Waals surface area contributed by atoms with Crippen LogP contribution in [0.3, 0.4) is 0 Å². The van der Waals surface area contributed by atoms with Crippen LogP contribution in [-0.4, -0.2) is 37.5 Å². The van der Waals surface area contributed by atoms with Crippen LogP contribution in [0.4, 0.5) is 0 Å². The number of ether oxygens (including phenoxy) is 1. The molecule has 0 bridgehead atoms. The summed E-state index contributed by atoms with van der Waals surface area (Å²) in [6.07, 6.45) is 4.91. The van der Waals surface area contributed by atoms with Crippen LogP contribution in [0, 0.1) is 17.2 Å². The van der Waals surface area contributed by atoms with Crippen LogP contribution in [0.15, 0.2) is 0 Å². The maximum atomic E-state index is 7.92. The quantitative estimate of drug-likeness (QED) is 0.551. The van der Waals surface area contributed by atoms with Crippen LogP contribution in [-0.2, 0) is 4.74 Å². The summed E-state index contributed by atoms with van der Waals surface area (Å²) in [6, 6.07) is 0. The molecule has 2 fully saturated rings. The highest BCUT2D eigenvalue weighted by atomic mass is 16.5. The van der Waals surface area contributed by atoms with Gasteiger partial charge >= 0.3 is 0 Å². The van der Waals surface area contributed by atoms with Crippen molar-refractivity contribution in [1.29, 1.82) is 5.41 Å². The average Bonchev–Trinajstić information content (AvgIpc) is 3.01. The van der Waals surface area contributed by atoms with Crippen molar-refractivity contribution in [3.8, 4) is 0 Å². The summed E-state index contributed by atoms with van der Waals surface area (Å²) >= 11 is 0. The molecule has 0 aromatic heterocycles. The Hall–Kier alpha value is -0.570. The maximum Gasteiger partial charge on any atom is 0.0986 e. The van der Waals surface area contributed by atoms with Crippen molar-refractivity contribution in [2.24, 2.45) is 11.8 Å². The highest BCUT2D eigenvalue weighted by Gasteiger charge is 2.29. The first-order valence-corrected chi connectivity index (χ1v) is 5.64. The SMILES string of the molecule is CN(CC1CCCOC1)C(=N)C1CC1. The van der Waals surface area contributed by atoms with Crippen LogP contribution < -0.4 is 0 Å². The molecule has 0 aromatic rings. The van der Waals surface area contributed by atoms with Crippen molar-refractivity contribution in [3.63, 3.8) is 0 Å². The molecule has 1 unspecified atom stereocenters. The zero-order valence-corrected chi connectivity index (χ0v) is 8.96. The van der Waals surface area contributed by atoms with Crippen LogP contribution in [0.2, 0.25) is 0 Å². The van der Waals surface area contributed by atoms with Gasteiger partial charge in [-0.15, -0.1) is 0 Å². The minimum Gasteiger partial charge on any atom is -0.381 e. The predicted octanol–water partition coefficient (Wildman–Crippen LogP) is 1.73. The standard InChI is InChI=1S/C11H20N2O/c1-13(11(12)10-4-5-10)7-9-3-2-6-14-8-9/h9-10,12H,2-8H2,1H3. The molecule has 1 N–H and O–H groups in total. The summed E-state index contributed by atoms with van der Waals surface area (Å²) in [4.78, 5) is 2.12. The van der Waals surface area contributed by atoms with Crippen molar-refractivity contribution >= 4 is 5.84 Å². The van der Waals surface area contributed by atoms with E-state index in [1.807, 2.05) is 0 Å². The molecule has 1 saturated heterocycles. The molecule has 2 rings (SSSR count). The monoisotopic (exact) mass is 196 g/mol. The molecule has 0 aromatic carbocycles. The van der Waals surface area contributed by atoms with Gasteiger partial charge in [0.2, 0.25) is 0 Å². The lowest BCUT2D eigenvalue weighted by Crippen LogP contribution is -2.35. The zero-order chi connectivity index (χ0) is 9.97. The summed E-state index contributed by atoms with van der Waals surface area (Å²) in [6.45, 7) is 2.83. The second-order valence-corrected chi connectivity index (χ2v) is 4.62. The van der Waals surface area contributed by atoms with E-state index in [1.54, 1.807) is 0 Å². The Balaban J connectivity index is 1.74. The lowest BCUT2D eigenvalue weighted by atomic mass is 10.0. The summed E-state index contributed by atoms with van der Waals surface area (Å²) < 4.78 is 5.44. The van der Waals surface area contributed by atoms with Gasteiger partial charge in [0.05, 0.1) is 12.4 Å². The van der Waals surface area contributed by atoms with E-state index in [-0.39, 0.29) is 0 Å². The molecule has 80 valence electrons. The molecule has 1 aliphatic carbocycles. The topological polar surface area (TPSA) is 36.3 Å².